The maximum absolute atomic E-state index is 4.71. The van der Waals surface area contributed by atoms with E-state index in [9.17, 15) is 0 Å². The van der Waals surface area contributed by atoms with E-state index in [1.165, 1.54) is 11.8 Å². The normalized spacial score (nSPS) is 11.4. The Bertz CT molecular complexity index is 1110. The summed E-state index contributed by atoms with van der Waals surface area (Å²) >= 11 is 1.40. The first-order chi connectivity index (χ1) is 13.2. The lowest BCUT2D eigenvalue weighted by molar-refractivity contribution is 0.820. The molecule has 1 N–H and O–H groups in total. The monoisotopic (exact) mass is 379 g/mol. The number of fused-ring (bicyclic) bond motifs is 3. The summed E-state index contributed by atoms with van der Waals surface area (Å²) in [4.78, 5) is 13.7. The first-order valence-electron chi connectivity index (χ1n) is 9.01. The predicted molar refractivity (Wildman–Crippen MR) is 108 cm³/mol. The maximum Gasteiger partial charge on any atom is 0.223 e. The number of aryl methyl sites for hydroxylation is 2. The van der Waals surface area contributed by atoms with Crippen LogP contribution in [0.25, 0.3) is 22.1 Å². The predicted octanol–water partition coefficient (Wildman–Crippen LogP) is 3.98. The van der Waals surface area contributed by atoms with Gasteiger partial charge in [-0.15, -0.1) is 10.2 Å². The van der Waals surface area contributed by atoms with Gasteiger partial charge in [-0.1, -0.05) is 31.5 Å². The molecule has 0 amide bonds. The minimum atomic E-state index is 0.575. The Morgan fingerprint density at radius 3 is 2.81 bits per heavy atom. The Morgan fingerprint density at radius 2 is 1.96 bits per heavy atom. The van der Waals surface area contributed by atoms with Gasteiger partial charge < -0.3 is 9.88 Å². The summed E-state index contributed by atoms with van der Waals surface area (Å²) in [5.41, 5.74) is 3.64. The van der Waals surface area contributed by atoms with E-state index in [-0.39, 0.29) is 0 Å². The van der Waals surface area contributed by atoms with Crippen molar-refractivity contribution in [1.29, 1.82) is 0 Å². The zero-order valence-corrected chi connectivity index (χ0v) is 16.4. The second-order valence-corrected chi connectivity index (χ2v) is 7.38. The van der Waals surface area contributed by atoms with Crippen molar-refractivity contribution in [2.24, 2.45) is 7.05 Å². The minimum Gasteiger partial charge on any atom is -0.354 e. The lowest BCUT2D eigenvalue weighted by Crippen LogP contribution is -2.06. The van der Waals surface area contributed by atoms with Crippen molar-refractivity contribution in [3.05, 3.63) is 36.0 Å². The van der Waals surface area contributed by atoms with Gasteiger partial charge in [-0.05, 0) is 37.2 Å². The highest BCUT2D eigenvalue weighted by Crippen LogP contribution is 2.28. The molecule has 0 aliphatic heterocycles. The molecule has 4 rings (SSSR count). The topological polar surface area (TPSA) is 81.4 Å². The van der Waals surface area contributed by atoms with E-state index in [0.29, 0.717) is 11.1 Å². The number of anilines is 1. The van der Waals surface area contributed by atoms with E-state index in [1.807, 2.05) is 42.8 Å². The number of hydrogen-bond acceptors (Lipinski definition) is 7. The third kappa shape index (κ3) is 3.57. The number of nitrogens with one attached hydrogen (secondary N) is 1. The molecular formula is C19H21N7S. The minimum absolute atomic E-state index is 0.575. The molecule has 4 aromatic rings. The van der Waals surface area contributed by atoms with Crippen LogP contribution in [0.3, 0.4) is 0 Å². The molecule has 0 bridgehead atoms. The maximum atomic E-state index is 4.71. The molecule has 0 atom stereocenters. The van der Waals surface area contributed by atoms with Gasteiger partial charge in [-0.2, -0.15) is 0 Å². The van der Waals surface area contributed by atoms with Gasteiger partial charge >= 0.3 is 0 Å². The largest absolute Gasteiger partial charge is 0.354 e. The van der Waals surface area contributed by atoms with E-state index in [2.05, 4.69) is 38.5 Å². The zero-order chi connectivity index (χ0) is 18.8. The quantitative estimate of drug-likeness (QED) is 0.401. The summed E-state index contributed by atoms with van der Waals surface area (Å²) in [7, 11) is 2.00. The first kappa shape index (κ1) is 17.7. The summed E-state index contributed by atoms with van der Waals surface area (Å²) in [6.45, 7) is 4.99. The molecule has 0 saturated carbocycles. The molecule has 0 radical (unpaired) electrons. The third-order valence-electron chi connectivity index (χ3n) is 4.33. The number of unbranched alkanes of at least 4 members (excludes halogenated alkanes) is 1. The fraction of sp³-hybridized carbons (Fsp3) is 0.316. The van der Waals surface area contributed by atoms with Crippen LogP contribution in [0.5, 0.6) is 0 Å². The molecule has 1 aromatic carbocycles. The van der Waals surface area contributed by atoms with E-state index in [1.54, 1.807) is 0 Å². The number of hydrogen-bond donors (Lipinski definition) is 1. The highest BCUT2D eigenvalue weighted by molar-refractivity contribution is 7.99. The molecule has 0 saturated heterocycles. The average Bonchev–Trinajstić information content (AvgIpc) is 2.94. The number of rotatable bonds is 6. The number of benzene rings is 1. The van der Waals surface area contributed by atoms with Crippen LogP contribution in [0, 0.1) is 6.92 Å². The van der Waals surface area contributed by atoms with Gasteiger partial charge in [0, 0.05) is 24.7 Å². The first-order valence-corrected chi connectivity index (χ1v) is 9.82. The highest BCUT2D eigenvalue weighted by Gasteiger charge is 2.13. The van der Waals surface area contributed by atoms with Crippen LogP contribution in [0.4, 0.5) is 5.95 Å². The van der Waals surface area contributed by atoms with Crippen LogP contribution < -0.4 is 5.32 Å². The van der Waals surface area contributed by atoms with Gasteiger partial charge in [0.15, 0.2) is 5.65 Å². The van der Waals surface area contributed by atoms with Gasteiger partial charge in [0.2, 0.25) is 11.1 Å². The van der Waals surface area contributed by atoms with Crippen molar-refractivity contribution in [2.75, 3.05) is 11.9 Å². The third-order valence-corrected chi connectivity index (χ3v) is 5.10. The molecule has 0 unspecified atom stereocenters. The molecule has 27 heavy (non-hydrogen) atoms. The summed E-state index contributed by atoms with van der Waals surface area (Å²) in [6.07, 6.45) is 2.22. The average molecular weight is 379 g/mol. The molecule has 8 heteroatoms. The molecular weight excluding hydrogens is 358 g/mol. The molecule has 0 fully saturated rings. The second-order valence-electron chi connectivity index (χ2n) is 6.40. The standard InChI is InChI=1S/C19H21N7S/c1-4-5-10-20-18-21-12(2)11-15(22-18)27-19-23-17-16(24-25-19)13-8-6-7-9-14(13)26(17)3/h6-9,11H,4-5,10H2,1-3H3,(H,20,21,22). The lowest BCUT2D eigenvalue weighted by atomic mass is 10.2. The number of nitrogens with zero attached hydrogens (tertiary/aromatic N) is 6. The number of para-hydroxylation sites is 1. The molecule has 7 nitrogen and oxygen atoms in total. The summed E-state index contributed by atoms with van der Waals surface area (Å²) in [5, 5.41) is 14.4. The Kier molecular flexibility index (Phi) is 4.89. The van der Waals surface area contributed by atoms with Crippen molar-refractivity contribution < 1.29 is 0 Å². The van der Waals surface area contributed by atoms with Crippen molar-refractivity contribution in [2.45, 2.75) is 36.9 Å². The van der Waals surface area contributed by atoms with Crippen LogP contribution in [0.2, 0.25) is 0 Å². The molecule has 0 spiro atoms. The van der Waals surface area contributed by atoms with E-state index in [4.69, 9.17) is 4.98 Å². The Hall–Kier alpha value is -2.74. The van der Waals surface area contributed by atoms with Gasteiger partial charge in [0.1, 0.15) is 10.5 Å². The molecule has 138 valence electrons. The van der Waals surface area contributed by atoms with E-state index in [0.717, 1.165) is 52.2 Å². The van der Waals surface area contributed by atoms with E-state index < -0.39 is 0 Å². The highest BCUT2D eigenvalue weighted by atomic mass is 32.2. The second kappa shape index (κ2) is 7.48. The summed E-state index contributed by atoms with van der Waals surface area (Å²) in [5.74, 6) is 0.643. The van der Waals surface area contributed by atoms with Gasteiger partial charge in [-0.3, -0.25) is 0 Å². The van der Waals surface area contributed by atoms with Crippen molar-refractivity contribution >= 4 is 39.8 Å². The van der Waals surface area contributed by atoms with Crippen molar-refractivity contribution in [3.63, 3.8) is 0 Å². The van der Waals surface area contributed by atoms with Crippen LogP contribution in [-0.2, 0) is 7.05 Å². The van der Waals surface area contributed by atoms with Gasteiger partial charge in [0.05, 0.1) is 5.52 Å². The SMILES string of the molecule is CCCCNc1nc(C)cc(Sc2nnc3c4ccccc4n(C)c3n2)n1. The molecule has 0 aliphatic carbocycles. The van der Waals surface area contributed by atoms with Crippen molar-refractivity contribution in [1.82, 2.24) is 29.7 Å². The smallest absolute Gasteiger partial charge is 0.223 e. The Labute approximate surface area is 161 Å². The van der Waals surface area contributed by atoms with Crippen LogP contribution in [0.1, 0.15) is 25.5 Å². The van der Waals surface area contributed by atoms with Gasteiger partial charge in [0.25, 0.3) is 0 Å². The van der Waals surface area contributed by atoms with Gasteiger partial charge in [-0.25, -0.2) is 15.0 Å². The fourth-order valence-corrected chi connectivity index (χ4v) is 3.74. The molecule has 3 aromatic heterocycles. The van der Waals surface area contributed by atoms with Crippen LogP contribution >= 0.6 is 11.8 Å². The number of aromatic nitrogens is 6. The van der Waals surface area contributed by atoms with Crippen molar-refractivity contribution in [3.8, 4) is 0 Å². The van der Waals surface area contributed by atoms with Crippen LogP contribution in [-0.4, -0.2) is 36.3 Å². The fourth-order valence-electron chi connectivity index (χ4n) is 2.98. The Balaban J connectivity index is 1.65. The summed E-state index contributed by atoms with van der Waals surface area (Å²) in [6, 6.07) is 10.1. The van der Waals surface area contributed by atoms with E-state index >= 15 is 0 Å². The molecule has 3 heterocycles. The molecule has 0 aliphatic rings. The summed E-state index contributed by atoms with van der Waals surface area (Å²) < 4.78 is 2.05. The zero-order valence-electron chi connectivity index (χ0n) is 15.6. The lowest BCUT2D eigenvalue weighted by Gasteiger charge is -2.07. The van der Waals surface area contributed by atoms with Crippen LogP contribution in [0.15, 0.2) is 40.5 Å². The Morgan fingerprint density at radius 1 is 1.11 bits per heavy atom.